The van der Waals surface area contributed by atoms with E-state index in [2.05, 4.69) is 47.4 Å². The molecule has 6 heteroatoms. The molecule has 3 aromatic rings. The molecule has 2 heterocycles. The third kappa shape index (κ3) is 5.25. The second-order valence-corrected chi connectivity index (χ2v) is 8.63. The molecule has 0 aliphatic carbocycles. The number of benzene rings is 2. The van der Waals surface area contributed by atoms with E-state index in [1.165, 1.54) is 15.8 Å². The molecule has 1 N–H and O–H groups in total. The van der Waals surface area contributed by atoms with Gasteiger partial charge in [0.25, 0.3) is 5.56 Å². The minimum Gasteiger partial charge on any atom is -0.369 e. The molecule has 6 nitrogen and oxygen atoms in total. The standard InChI is InChI=1S/C26H30N4O2/c1-19-10-11-20(2)23(13-19)15-27-26(32)22-9-6-12-29(18-22)24-14-25(31)30(28-16-24)17-21-7-4-3-5-8-21/h3-5,7-8,10-11,13-14,16,22H,6,9,12,15,17-18H2,1-2H3,(H,27,32)/t22-/m1/s1. The van der Waals surface area contributed by atoms with Gasteiger partial charge < -0.3 is 10.2 Å². The van der Waals surface area contributed by atoms with Crippen molar-refractivity contribution in [3.05, 3.63) is 93.4 Å². The zero-order chi connectivity index (χ0) is 22.5. The van der Waals surface area contributed by atoms with E-state index in [-0.39, 0.29) is 17.4 Å². The Morgan fingerprint density at radius 1 is 1.12 bits per heavy atom. The third-order valence-corrected chi connectivity index (χ3v) is 6.15. The highest BCUT2D eigenvalue weighted by Crippen LogP contribution is 2.22. The van der Waals surface area contributed by atoms with Gasteiger partial charge >= 0.3 is 0 Å². The highest BCUT2D eigenvalue weighted by molar-refractivity contribution is 5.79. The van der Waals surface area contributed by atoms with E-state index in [1.807, 2.05) is 30.3 Å². The summed E-state index contributed by atoms with van der Waals surface area (Å²) < 4.78 is 1.47. The number of amides is 1. The molecule has 0 radical (unpaired) electrons. The van der Waals surface area contributed by atoms with Crippen LogP contribution in [0.2, 0.25) is 0 Å². The van der Waals surface area contributed by atoms with Crippen molar-refractivity contribution in [1.82, 2.24) is 15.1 Å². The maximum Gasteiger partial charge on any atom is 0.269 e. The zero-order valence-corrected chi connectivity index (χ0v) is 18.8. The lowest BCUT2D eigenvalue weighted by atomic mass is 9.96. The van der Waals surface area contributed by atoms with Crippen molar-refractivity contribution in [3.8, 4) is 0 Å². The van der Waals surface area contributed by atoms with Gasteiger partial charge in [-0.2, -0.15) is 5.10 Å². The van der Waals surface area contributed by atoms with Crippen LogP contribution in [0.4, 0.5) is 5.69 Å². The fraction of sp³-hybridized carbons (Fsp3) is 0.346. The number of hydrogen-bond acceptors (Lipinski definition) is 4. The summed E-state index contributed by atoms with van der Waals surface area (Å²) in [5, 5.41) is 7.48. The lowest BCUT2D eigenvalue weighted by Gasteiger charge is -2.33. The van der Waals surface area contributed by atoms with Crippen molar-refractivity contribution in [1.29, 1.82) is 0 Å². The molecule has 166 valence electrons. The van der Waals surface area contributed by atoms with Gasteiger partial charge in [-0.25, -0.2) is 4.68 Å². The summed E-state index contributed by atoms with van der Waals surface area (Å²) in [5.74, 6) is -0.0263. The van der Waals surface area contributed by atoms with Gasteiger partial charge in [0.2, 0.25) is 5.91 Å². The van der Waals surface area contributed by atoms with Crippen molar-refractivity contribution in [3.63, 3.8) is 0 Å². The number of carbonyl (C=O) groups is 1. The molecule has 1 aliphatic heterocycles. The van der Waals surface area contributed by atoms with Crippen LogP contribution in [0.1, 0.15) is 35.1 Å². The Morgan fingerprint density at radius 3 is 2.72 bits per heavy atom. The van der Waals surface area contributed by atoms with E-state index < -0.39 is 0 Å². The molecular formula is C26H30N4O2. The van der Waals surface area contributed by atoms with Crippen LogP contribution < -0.4 is 15.8 Å². The highest BCUT2D eigenvalue weighted by atomic mass is 16.2. The molecule has 0 bridgehead atoms. The molecular weight excluding hydrogens is 400 g/mol. The van der Waals surface area contributed by atoms with Crippen molar-refractivity contribution >= 4 is 11.6 Å². The van der Waals surface area contributed by atoms with Gasteiger partial charge in [0, 0.05) is 25.7 Å². The molecule has 1 aromatic heterocycles. The highest BCUT2D eigenvalue weighted by Gasteiger charge is 2.26. The van der Waals surface area contributed by atoms with E-state index in [4.69, 9.17) is 0 Å². The number of aromatic nitrogens is 2. The average Bonchev–Trinajstić information content (AvgIpc) is 2.81. The van der Waals surface area contributed by atoms with Crippen molar-refractivity contribution in [2.24, 2.45) is 5.92 Å². The maximum atomic E-state index is 12.8. The Morgan fingerprint density at radius 2 is 1.94 bits per heavy atom. The molecule has 1 atom stereocenters. The average molecular weight is 431 g/mol. The van der Waals surface area contributed by atoms with E-state index >= 15 is 0 Å². The molecule has 4 rings (SSSR count). The SMILES string of the molecule is Cc1ccc(C)c(CNC(=O)[C@@H]2CCCN(c3cnn(Cc4ccccc4)c(=O)c3)C2)c1. The van der Waals surface area contributed by atoms with E-state index in [0.717, 1.165) is 36.2 Å². The van der Waals surface area contributed by atoms with Crippen LogP contribution in [-0.2, 0) is 17.9 Å². The predicted octanol–water partition coefficient (Wildman–Crippen LogP) is 3.44. The lowest BCUT2D eigenvalue weighted by Crippen LogP contribution is -2.43. The first kappa shape index (κ1) is 21.8. The monoisotopic (exact) mass is 430 g/mol. The van der Waals surface area contributed by atoms with E-state index in [1.54, 1.807) is 12.3 Å². The second kappa shape index (κ2) is 9.81. The lowest BCUT2D eigenvalue weighted by molar-refractivity contribution is -0.125. The van der Waals surface area contributed by atoms with Crippen molar-refractivity contribution in [2.75, 3.05) is 18.0 Å². The van der Waals surface area contributed by atoms with Gasteiger partial charge in [-0.15, -0.1) is 0 Å². The minimum atomic E-state index is -0.132. The first-order chi connectivity index (χ1) is 15.5. The van der Waals surface area contributed by atoms with Crippen LogP contribution in [0.25, 0.3) is 0 Å². The van der Waals surface area contributed by atoms with Crippen LogP contribution in [0, 0.1) is 19.8 Å². The number of anilines is 1. The van der Waals surface area contributed by atoms with Crippen LogP contribution in [0.3, 0.4) is 0 Å². The number of rotatable bonds is 6. The molecule has 2 aromatic carbocycles. The zero-order valence-electron chi connectivity index (χ0n) is 18.8. The Balaban J connectivity index is 1.39. The molecule has 0 unspecified atom stereocenters. The topological polar surface area (TPSA) is 67.2 Å². The molecule has 32 heavy (non-hydrogen) atoms. The van der Waals surface area contributed by atoms with Gasteiger partial charge in [-0.1, -0.05) is 54.1 Å². The van der Waals surface area contributed by atoms with Gasteiger partial charge in [0.1, 0.15) is 0 Å². The van der Waals surface area contributed by atoms with Crippen molar-refractivity contribution in [2.45, 2.75) is 39.8 Å². The summed E-state index contributed by atoms with van der Waals surface area (Å²) in [4.78, 5) is 27.6. The fourth-order valence-corrected chi connectivity index (χ4v) is 4.22. The maximum absolute atomic E-state index is 12.8. The quantitative estimate of drug-likeness (QED) is 0.651. The molecule has 1 saturated heterocycles. The summed E-state index contributed by atoms with van der Waals surface area (Å²) in [6.07, 6.45) is 3.50. The number of piperidine rings is 1. The smallest absolute Gasteiger partial charge is 0.269 e. The van der Waals surface area contributed by atoms with Crippen LogP contribution in [-0.4, -0.2) is 28.8 Å². The third-order valence-electron chi connectivity index (χ3n) is 6.15. The first-order valence-electron chi connectivity index (χ1n) is 11.2. The Labute approximate surface area is 188 Å². The van der Waals surface area contributed by atoms with Gasteiger partial charge in [0.05, 0.1) is 24.3 Å². The second-order valence-electron chi connectivity index (χ2n) is 8.63. The number of aryl methyl sites for hydroxylation is 2. The van der Waals surface area contributed by atoms with Gasteiger partial charge in [-0.05, 0) is 43.4 Å². The van der Waals surface area contributed by atoms with Gasteiger partial charge in [0.15, 0.2) is 0 Å². The molecule has 1 fully saturated rings. The van der Waals surface area contributed by atoms with Crippen molar-refractivity contribution < 1.29 is 4.79 Å². The Hall–Kier alpha value is -3.41. The number of hydrogen-bond donors (Lipinski definition) is 1. The summed E-state index contributed by atoms with van der Waals surface area (Å²) in [6, 6.07) is 17.7. The number of carbonyl (C=O) groups excluding carboxylic acids is 1. The minimum absolute atomic E-state index is 0.0704. The van der Waals surface area contributed by atoms with Crippen LogP contribution in [0.5, 0.6) is 0 Å². The largest absolute Gasteiger partial charge is 0.369 e. The predicted molar refractivity (Wildman–Crippen MR) is 127 cm³/mol. The van der Waals surface area contributed by atoms with Crippen LogP contribution >= 0.6 is 0 Å². The molecule has 0 saturated carbocycles. The Bertz CT molecular complexity index is 1140. The summed E-state index contributed by atoms with van der Waals surface area (Å²) >= 11 is 0. The fourth-order valence-electron chi connectivity index (χ4n) is 4.22. The molecule has 0 spiro atoms. The van der Waals surface area contributed by atoms with E-state index in [9.17, 15) is 9.59 Å². The Kier molecular flexibility index (Phi) is 6.69. The number of nitrogens with zero attached hydrogens (tertiary/aromatic N) is 3. The number of nitrogens with one attached hydrogen (secondary N) is 1. The summed E-state index contributed by atoms with van der Waals surface area (Å²) in [7, 11) is 0. The normalized spacial score (nSPS) is 16.1. The molecule has 1 amide bonds. The summed E-state index contributed by atoms with van der Waals surface area (Å²) in [6.45, 7) is 6.54. The first-order valence-corrected chi connectivity index (χ1v) is 11.2. The van der Waals surface area contributed by atoms with E-state index in [0.29, 0.717) is 19.6 Å². The molecule has 1 aliphatic rings. The van der Waals surface area contributed by atoms with Gasteiger partial charge in [-0.3, -0.25) is 9.59 Å². The van der Waals surface area contributed by atoms with Crippen LogP contribution in [0.15, 0.2) is 65.6 Å². The summed E-state index contributed by atoms with van der Waals surface area (Å²) in [5.41, 5.74) is 5.21.